The van der Waals surface area contributed by atoms with Crippen molar-refractivity contribution in [1.29, 1.82) is 0 Å². The van der Waals surface area contributed by atoms with Crippen molar-refractivity contribution < 1.29 is 14.6 Å². The Bertz CT molecular complexity index is 1220. The first-order chi connectivity index (χ1) is 14.0. The fraction of sp³-hybridized carbons (Fsp3) is 0.0952. The molecular weight excluding hydrogens is 413 g/mol. The fourth-order valence-electron chi connectivity index (χ4n) is 3.25. The van der Waals surface area contributed by atoms with Crippen molar-refractivity contribution in [3.63, 3.8) is 0 Å². The van der Waals surface area contributed by atoms with Crippen molar-refractivity contribution in [2.24, 2.45) is 0 Å². The second-order valence-corrected chi connectivity index (χ2v) is 7.15. The van der Waals surface area contributed by atoms with E-state index in [2.05, 4.69) is 10.1 Å². The summed E-state index contributed by atoms with van der Waals surface area (Å²) in [4.78, 5) is 16.3. The van der Waals surface area contributed by atoms with E-state index in [1.807, 2.05) is 30.3 Å². The molecule has 8 heteroatoms. The number of carboxylic acids is 1. The minimum Gasteiger partial charge on any atom is -0.477 e. The Balaban J connectivity index is 2.11. The zero-order valence-corrected chi connectivity index (χ0v) is 16.8. The van der Waals surface area contributed by atoms with E-state index in [9.17, 15) is 9.90 Å². The van der Waals surface area contributed by atoms with Gasteiger partial charge in [-0.15, -0.1) is 0 Å². The maximum atomic E-state index is 11.9. The second kappa shape index (κ2) is 7.83. The molecule has 4 aromatic rings. The average Bonchev–Trinajstić information content (AvgIpc) is 3.07. The number of hydrogen-bond donors (Lipinski definition) is 1. The van der Waals surface area contributed by atoms with Crippen LogP contribution in [0.5, 0.6) is 0 Å². The molecule has 4 rings (SSSR count). The molecule has 0 saturated heterocycles. The number of ether oxygens (including phenoxy) is 1. The number of methoxy groups -OCH3 is 1. The van der Waals surface area contributed by atoms with Crippen molar-refractivity contribution in [2.45, 2.75) is 6.61 Å². The van der Waals surface area contributed by atoms with E-state index in [1.54, 1.807) is 24.4 Å². The van der Waals surface area contributed by atoms with E-state index >= 15 is 0 Å². The van der Waals surface area contributed by atoms with E-state index < -0.39 is 5.97 Å². The third-order valence-electron chi connectivity index (χ3n) is 4.49. The summed E-state index contributed by atoms with van der Waals surface area (Å²) in [6.45, 7) is 0.0481. The Hall–Kier alpha value is -2.93. The van der Waals surface area contributed by atoms with Gasteiger partial charge in [0.25, 0.3) is 0 Å². The van der Waals surface area contributed by atoms with E-state index in [0.29, 0.717) is 27.0 Å². The van der Waals surface area contributed by atoms with Crippen molar-refractivity contribution in [1.82, 2.24) is 14.6 Å². The number of nitrogens with zero attached hydrogens (tertiary/aromatic N) is 3. The number of aromatic nitrogens is 3. The lowest BCUT2D eigenvalue weighted by molar-refractivity contribution is 0.0693. The summed E-state index contributed by atoms with van der Waals surface area (Å²) in [6, 6.07) is 14.6. The lowest BCUT2D eigenvalue weighted by Crippen LogP contribution is -2.03. The third-order valence-corrected chi connectivity index (χ3v) is 5.07. The van der Waals surface area contributed by atoms with Crippen LogP contribution in [-0.4, -0.2) is 32.8 Å². The van der Waals surface area contributed by atoms with Gasteiger partial charge in [-0.1, -0.05) is 53.5 Å². The minimum absolute atomic E-state index is 0.00720. The Morgan fingerprint density at radius 2 is 1.83 bits per heavy atom. The van der Waals surface area contributed by atoms with Crippen LogP contribution in [0.3, 0.4) is 0 Å². The molecule has 0 aliphatic heterocycles. The lowest BCUT2D eigenvalue weighted by Gasteiger charge is -2.13. The first-order valence-electron chi connectivity index (χ1n) is 8.65. The summed E-state index contributed by atoms with van der Waals surface area (Å²) in [5, 5.41) is 15.4. The zero-order chi connectivity index (χ0) is 20.5. The van der Waals surface area contributed by atoms with Gasteiger partial charge in [0, 0.05) is 40.0 Å². The molecule has 0 unspecified atom stereocenters. The third kappa shape index (κ3) is 3.46. The first kappa shape index (κ1) is 19.4. The molecule has 29 heavy (non-hydrogen) atoms. The largest absolute Gasteiger partial charge is 0.477 e. The summed E-state index contributed by atoms with van der Waals surface area (Å²) >= 11 is 12.5. The van der Waals surface area contributed by atoms with Gasteiger partial charge in [-0.2, -0.15) is 5.10 Å². The minimum atomic E-state index is -1.12. The Kier molecular flexibility index (Phi) is 5.24. The van der Waals surface area contributed by atoms with Gasteiger partial charge < -0.3 is 9.84 Å². The fourth-order valence-corrected chi connectivity index (χ4v) is 3.61. The van der Waals surface area contributed by atoms with Gasteiger partial charge in [0.05, 0.1) is 12.3 Å². The van der Waals surface area contributed by atoms with Gasteiger partial charge >= 0.3 is 5.97 Å². The summed E-state index contributed by atoms with van der Waals surface area (Å²) < 4.78 is 6.67. The monoisotopic (exact) mass is 427 g/mol. The molecule has 6 nitrogen and oxygen atoms in total. The maximum Gasteiger partial charge on any atom is 0.341 e. The number of aromatic carboxylic acids is 1. The van der Waals surface area contributed by atoms with Crippen LogP contribution >= 0.6 is 23.2 Å². The van der Waals surface area contributed by atoms with Crippen molar-refractivity contribution in [3.8, 4) is 22.4 Å². The quantitative estimate of drug-likeness (QED) is 0.472. The smallest absolute Gasteiger partial charge is 0.341 e. The Morgan fingerprint density at radius 1 is 1.10 bits per heavy atom. The molecule has 0 bridgehead atoms. The summed E-state index contributed by atoms with van der Waals surface area (Å²) in [5.74, 6) is -1.12. The molecule has 2 aromatic heterocycles. The highest BCUT2D eigenvalue weighted by Gasteiger charge is 2.24. The van der Waals surface area contributed by atoms with Gasteiger partial charge in [-0.05, 0) is 18.2 Å². The molecule has 0 amide bonds. The number of benzene rings is 2. The number of carboxylic acid groups (broad SMARTS) is 1. The highest BCUT2D eigenvalue weighted by atomic mass is 35.5. The molecule has 0 fully saturated rings. The maximum absolute atomic E-state index is 11.9. The van der Waals surface area contributed by atoms with E-state index in [4.69, 9.17) is 27.9 Å². The van der Waals surface area contributed by atoms with Crippen LogP contribution in [0, 0.1) is 0 Å². The number of halogens is 2. The standard InChI is InChI=1S/C21H15Cl2N3O3/c1-29-11-17-18(21(27)28)20-24-10-15(14-4-2-3-5-16(14)23)19(26(20)25-17)12-6-8-13(22)9-7-12/h2-10H,11H2,1H3,(H,27,28). The van der Waals surface area contributed by atoms with E-state index in [0.717, 1.165) is 11.1 Å². The van der Waals surface area contributed by atoms with E-state index in [1.165, 1.54) is 11.6 Å². The predicted octanol–water partition coefficient (Wildman–Crippen LogP) is 5.21. The lowest BCUT2D eigenvalue weighted by atomic mass is 10.0. The molecule has 0 spiro atoms. The molecule has 2 aromatic carbocycles. The molecular formula is C21H15Cl2N3O3. The molecule has 1 N–H and O–H groups in total. The molecule has 0 atom stereocenters. The summed E-state index contributed by atoms with van der Waals surface area (Å²) in [5.41, 5.74) is 3.45. The zero-order valence-electron chi connectivity index (χ0n) is 15.3. The Labute approximate surface area is 176 Å². The van der Waals surface area contributed by atoms with Crippen molar-refractivity contribution in [3.05, 3.63) is 76.0 Å². The van der Waals surface area contributed by atoms with Crippen molar-refractivity contribution >= 4 is 34.8 Å². The van der Waals surface area contributed by atoms with Crippen molar-refractivity contribution in [2.75, 3.05) is 7.11 Å². The molecule has 0 radical (unpaired) electrons. The van der Waals surface area contributed by atoms with Gasteiger partial charge in [0.15, 0.2) is 5.65 Å². The predicted molar refractivity (Wildman–Crippen MR) is 112 cm³/mol. The van der Waals surface area contributed by atoms with Crippen LogP contribution in [-0.2, 0) is 11.3 Å². The van der Waals surface area contributed by atoms with E-state index in [-0.39, 0.29) is 17.8 Å². The van der Waals surface area contributed by atoms with Gasteiger partial charge in [0.2, 0.25) is 0 Å². The number of fused-ring (bicyclic) bond motifs is 1. The Morgan fingerprint density at radius 3 is 2.48 bits per heavy atom. The van der Waals surface area contributed by atoms with Gasteiger partial charge in [-0.25, -0.2) is 14.3 Å². The van der Waals surface area contributed by atoms with Gasteiger partial charge in [0.1, 0.15) is 11.3 Å². The number of rotatable bonds is 5. The summed E-state index contributed by atoms with van der Waals surface area (Å²) in [7, 11) is 1.48. The van der Waals surface area contributed by atoms with Crippen LogP contribution < -0.4 is 0 Å². The first-order valence-corrected chi connectivity index (χ1v) is 9.40. The molecule has 0 saturated carbocycles. The van der Waals surface area contributed by atoms with Crippen LogP contribution in [0.2, 0.25) is 10.0 Å². The van der Waals surface area contributed by atoms with Crippen LogP contribution in [0.1, 0.15) is 16.1 Å². The van der Waals surface area contributed by atoms with Gasteiger partial charge in [-0.3, -0.25) is 0 Å². The normalized spacial score (nSPS) is 11.1. The number of hydrogen-bond acceptors (Lipinski definition) is 4. The SMILES string of the molecule is COCc1nn2c(-c3ccc(Cl)cc3)c(-c3ccccc3Cl)cnc2c1C(=O)O. The molecule has 0 aliphatic rings. The summed E-state index contributed by atoms with van der Waals surface area (Å²) in [6.07, 6.45) is 1.62. The molecule has 2 heterocycles. The number of carbonyl (C=O) groups is 1. The van der Waals surface area contributed by atoms with Crippen LogP contribution in [0.25, 0.3) is 28.0 Å². The highest BCUT2D eigenvalue weighted by molar-refractivity contribution is 6.33. The second-order valence-electron chi connectivity index (χ2n) is 6.30. The molecule has 0 aliphatic carbocycles. The van der Waals surface area contributed by atoms with Crippen LogP contribution in [0.15, 0.2) is 54.7 Å². The van der Waals surface area contributed by atoms with Crippen LogP contribution in [0.4, 0.5) is 0 Å². The average molecular weight is 428 g/mol. The topological polar surface area (TPSA) is 76.7 Å². The molecule has 146 valence electrons. The highest BCUT2D eigenvalue weighted by Crippen LogP contribution is 2.37.